The number of rotatable bonds is 7. The van der Waals surface area contributed by atoms with Crippen LogP contribution in [0.4, 0.5) is 11.4 Å². The number of carbonyl (C=O) groups is 2. The first kappa shape index (κ1) is 22.0. The van der Waals surface area contributed by atoms with Crippen molar-refractivity contribution in [1.82, 2.24) is 0 Å². The standard InChI is InChI=1S/C23H25N3O5S/c1-3-11-29-17-8-6-16(7-9-17)26-21(27)13-20(22(26)28)32-23(24-4-2)25-15-5-10-18-19(12-15)31-14-30-18/h5-10,12,20H,3-4,11,13-14H2,1-2H3,(H,24,25). The quantitative estimate of drug-likeness (QED) is 0.383. The molecule has 168 valence electrons. The van der Waals surface area contributed by atoms with Crippen LogP contribution >= 0.6 is 11.8 Å². The predicted octanol–water partition coefficient (Wildman–Crippen LogP) is 4.06. The van der Waals surface area contributed by atoms with Gasteiger partial charge in [0.1, 0.15) is 11.0 Å². The molecule has 0 spiro atoms. The minimum absolute atomic E-state index is 0.114. The van der Waals surface area contributed by atoms with Gasteiger partial charge in [-0.15, -0.1) is 0 Å². The van der Waals surface area contributed by atoms with Gasteiger partial charge >= 0.3 is 0 Å². The van der Waals surface area contributed by atoms with Crippen LogP contribution in [0.15, 0.2) is 47.5 Å². The molecule has 9 heteroatoms. The number of amides is 2. The second-order valence-electron chi connectivity index (χ2n) is 7.19. The molecule has 1 N–H and O–H groups in total. The molecule has 2 heterocycles. The molecular weight excluding hydrogens is 430 g/mol. The summed E-state index contributed by atoms with van der Waals surface area (Å²) in [5.41, 5.74) is 1.31. The number of carbonyl (C=O) groups excluding carboxylic acids is 2. The van der Waals surface area contributed by atoms with Crippen LogP contribution < -0.4 is 24.4 Å². The van der Waals surface area contributed by atoms with Crippen molar-refractivity contribution in [2.24, 2.45) is 4.99 Å². The molecule has 32 heavy (non-hydrogen) atoms. The van der Waals surface area contributed by atoms with Crippen molar-refractivity contribution in [3.63, 3.8) is 0 Å². The maximum Gasteiger partial charge on any atom is 0.247 e. The lowest BCUT2D eigenvalue weighted by atomic mass is 10.3. The van der Waals surface area contributed by atoms with Crippen molar-refractivity contribution >= 4 is 40.1 Å². The minimum Gasteiger partial charge on any atom is -0.494 e. The van der Waals surface area contributed by atoms with Crippen molar-refractivity contribution in [2.75, 3.05) is 30.2 Å². The van der Waals surface area contributed by atoms with Gasteiger partial charge in [0.05, 0.1) is 12.3 Å². The number of thioether (sulfide) groups is 1. The summed E-state index contributed by atoms with van der Waals surface area (Å²) in [7, 11) is 0. The molecule has 1 fully saturated rings. The summed E-state index contributed by atoms with van der Waals surface area (Å²) < 4.78 is 16.3. The fourth-order valence-electron chi connectivity index (χ4n) is 3.36. The van der Waals surface area contributed by atoms with E-state index in [-0.39, 0.29) is 25.0 Å². The third-order valence-electron chi connectivity index (χ3n) is 4.85. The largest absolute Gasteiger partial charge is 0.494 e. The zero-order chi connectivity index (χ0) is 22.5. The highest BCUT2D eigenvalue weighted by molar-refractivity contribution is 8.15. The highest BCUT2D eigenvalue weighted by Crippen LogP contribution is 2.35. The van der Waals surface area contributed by atoms with Gasteiger partial charge < -0.3 is 19.5 Å². The molecule has 2 aromatic carbocycles. The van der Waals surface area contributed by atoms with Crippen LogP contribution in [0.3, 0.4) is 0 Å². The molecule has 1 unspecified atom stereocenters. The molecule has 0 bridgehead atoms. The Labute approximate surface area is 190 Å². The van der Waals surface area contributed by atoms with Gasteiger partial charge in [0.25, 0.3) is 0 Å². The second kappa shape index (κ2) is 9.95. The summed E-state index contributed by atoms with van der Waals surface area (Å²) in [5.74, 6) is 1.58. The summed E-state index contributed by atoms with van der Waals surface area (Å²) in [6.45, 7) is 5.31. The Bertz CT molecular complexity index is 1020. The van der Waals surface area contributed by atoms with Crippen molar-refractivity contribution in [3.8, 4) is 17.2 Å². The van der Waals surface area contributed by atoms with Crippen LogP contribution in [-0.2, 0) is 9.59 Å². The third kappa shape index (κ3) is 4.83. The second-order valence-corrected chi connectivity index (χ2v) is 8.38. The van der Waals surface area contributed by atoms with E-state index in [0.717, 1.165) is 12.1 Å². The number of amidine groups is 1. The molecule has 1 atom stereocenters. The SMILES string of the molecule is CCCOc1ccc(N2C(=O)CC(SC(=NCC)Nc3ccc4c(c3)OCO4)C2=O)cc1. The van der Waals surface area contributed by atoms with Gasteiger partial charge in [0.2, 0.25) is 18.6 Å². The monoisotopic (exact) mass is 455 g/mol. The average molecular weight is 456 g/mol. The first-order valence-electron chi connectivity index (χ1n) is 10.6. The Morgan fingerprint density at radius 3 is 2.69 bits per heavy atom. The Kier molecular flexibility index (Phi) is 6.84. The first-order chi connectivity index (χ1) is 15.6. The Morgan fingerprint density at radius 2 is 1.94 bits per heavy atom. The summed E-state index contributed by atoms with van der Waals surface area (Å²) in [6, 6.07) is 12.5. The molecule has 0 aliphatic carbocycles. The number of fused-ring (bicyclic) bond motifs is 1. The third-order valence-corrected chi connectivity index (χ3v) is 5.96. The normalized spacial score (nSPS) is 17.8. The van der Waals surface area contributed by atoms with Crippen molar-refractivity contribution in [3.05, 3.63) is 42.5 Å². The van der Waals surface area contributed by atoms with Crippen LogP contribution in [0.5, 0.6) is 17.2 Å². The number of hydrogen-bond donors (Lipinski definition) is 1. The van der Waals surface area contributed by atoms with Crippen LogP contribution in [0.1, 0.15) is 26.7 Å². The zero-order valence-corrected chi connectivity index (χ0v) is 18.8. The molecule has 4 rings (SSSR count). The fraction of sp³-hybridized carbons (Fsp3) is 0.348. The van der Waals surface area contributed by atoms with Gasteiger partial charge in [-0.3, -0.25) is 14.6 Å². The number of benzene rings is 2. The summed E-state index contributed by atoms with van der Waals surface area (Å²) in [5, 5.41) is 3.25. The topological polar surface area (TPSA) is 89.5 Å². The lowest BCUT2D eigenvalue weighted by Gasteiger charge is -2.16. The number of ether oxygens (including phenoxy) is 3. The van der Waals surface area contributed by atoms with E-state index >= 15 is 0 Å². The molecule has 2 aliphatic rings. The van der Waals surface area contributed by atoms with Crippen LogP contribution in [0.2, 0.25) is 0 Å². The van der Waals surface area contributed by atoms with E-state index in [1.165, 1.54) is 16.7 Å². The minimum atomic E-state index is -0.551. The lowest BCUT2D eigenvalue weighted by molar-refractivity contribution is -0.121. The number of nitrogens with one attached hydrogen (secondary N) is 1. The number of hydrogen-bond acceptors (Lipinski definition) is 7. The van der Waals surface area contributed by atoms with E-state index in [1.54, 1.807) is 24.3 Å². The number of imide groups is 1. The predicted molar refractivity (Wildman–Crippen MR) is 125 cm³/mol. The highest BCUT2D eigenvalue weighted by atomic mass is 32.2. The van der Waals surface area contributed by atoms with E-state index < -0.39 is 5.25 Å². The molecule has 2 aliphatic heterocycles. The van der Waals surface area contributed by atoms with Gasteiger partial charge in [0.15, 0.2) is 16.7 Å². The average Bonchev–Trinajstić information content (AvgIpc) is 3.36. The maximum atomic E-state index is 13.1. The van der Waals surface area contributed by atoms with Crippen molar-refractivity contribution in [2.45, 2.75) is 31.9 Å². The highest BCUT2D eigenvalue weighted by Gasteiger charge is 2.40. The van der Waals surface area contributed by atoms with Gasteiger partial charge in [-0.1, -0.05) is 18.7 Å². The zero-order valence-electron chi connectivity index (χ0n) is 18.0. The Hall–Kier alpha value is -3.20. The molecule has 0 aromatic heterocycles. The van der Waals surface area contributed by atoms with Gasteiger partial charge in [-0.2, -0.15) is 0 Å². The molecular formula is C23H25N3O5S. The van der Waals surface area contributed by atoms with Crippen LogP contribution in [-0.4, -0.2) is 42.2 Å². The van der Waals surface area contributed by atoms with Gasteiger partial charge in [0, 0.05) is 24.7 Å². The van der Waals surface area contributed by atoms with Gasteiger partial charge in [-0.05, 0) is 49.7 Å². The van der Waals surface area contributed by atoms with Crippen LogP contribution in [0.25, 0.3) is 0 Å². The smallest absolute Gasteiger partial charge is 0.247 e. The molecule has 8 nitrogen and oxygen atoms in total. The van der Waals surface area contributed by atoms with E-state index in [9.17, 15) is 9.59 Å². The fourth-order valence-corrected chi connectivity index (χ4v) is 4.44. The van der Waals surface area contributed by atoms with E-state index in [4.69, 9.17) is 14.2 Å². The molecule has 2 aromatic rings. The molecule has 2 amide bonds. The number of nitrogens with zero attached hydrogens (tertiary/aromatic N) is 2. The lowest BCUT2D eigenvalue weighted by Crippen LogP contribution is -2.31. The molecule has 0 saturated carbocycles. The van der Waals surface area contributed by atoms with Crippen LogP contribution in [0, 0.1) is 0 Å². The van der Waals surface area contributed by atoms with E-state index in [0.29, 0.717) is 41.3 Å². The first-order valence-corrected chi connectivity index (χ1v) is 11.4. The summed E-state index contributed by atoms with van der Waals surface area (Å²) >= 11 is 1.26. The summed E-state index contributed by atoms with van der Waals surface area (Å²) in [4.78, 5) is 31.4. The maximum absolute atomic E-state index is 13.1. The molecule has 1 saturated heterocycles. The van der Waals surface area contributed by atoms with Gasteiger partial charge in [-0.25, -0.2) is 4.90 Å². The van der Waals surface area contributed by atoms with Crippen molar-refractivity contribution < 1.29 is 23.8 Å². The van der Waals surface area contributed by atoms with E-state index in [2.05, 4.69) is 10.3 Å². The summed E-state index contributed by atoms with van der Waals surface area (Å²) in [6.07, 6.45) is 1.02. The Balaban J connectivity index is 1.44. The Morgan fingerprint density at radius 1 is 1.16 bits per heavy atom. The molecule has 0 radical (unpaired) electrons. The number of aliphatic imine (C=N–C) groups is 1. The van der Waals surface area contributed by atoms with Crippen molar-refractivity contribution in [1.29, 1.82) is 0 Å². The van der Waals surface area contributed by atoms with E-state index in [1.807, 2.05) is 32.0 Å². The number of anilines is 2.